The van der Waals surface area contributed by atoms with E-state index in [2.05, 4.69) is 10.6 Å². The molecule has 1 fully saturated rings. The summed E-state index contributed by atoms with van der Waals surface area (Å²) in [5.74, 6) is 0.116. The van der Waals surface area contributed by atoms with Crippen molar-refractivity contribution < 1.29 is 4.79 Å². The van der Waals surface area contributed by atoms with E-state index in [9.17, 15) is 4.79 Å². The van der Waals surface area contributed by atoms with E-state index in [0.717, 1.165) is 19.3 Å². The maximum absolute atomic E-state index is 11.5. The summed E-state index contributed by atoms with van der Waals surface area (Å²) < 4.78 is 0. The highest BCUT2D eigenvalue weighted by Crippen LogP contribution is 2.17. The first-order chi connectivity index (χ1) is 7.11. The van der Waals surface area contributed by atoms with Crippen molar-refractivity contribution in [2.24, 2.45) is 5.73 Å². The molecule has 2 amide bonds. The van der Waals surface area contributed by atoms with E-state index < -0.39 is 0 Å². The van der Waals surface area contributed by atoms with Crippen molar-refractivity contribution in [1.82, 2.24) is 10.6 Å². The number of carbonyl (C=O) groups excluding carboxylic acids is 1. The van der Waals surface area contributed by atoms with Crippen LogP contribution in [0.15, 0.2) is 0 Å². The molecule has 0 aromatic carbocycles. The number of nitrogens with one attached hydrogen (secondary N) is 3. The van der Waals surface area contributed by atoms with Crippen LogP contribution in [0, 0.1) is 5.41 Å². The summed E-state index contributed by atoms with van der Waals surface area (Å²) in [6.07, 6.45) is 4.58. The molecule has 0 aromatic heterocycles. The van der Waals surface area contributed by atoms with E-state index in [1.807, 2.05) is 6.92 Å². The van der Waals surface area contributed by atoms with Gasteiger partial charge in [-0.15, -0.1) is 0 Å². The smallest absolute Gasteiger partial charge is 0.315 e. The van der Waals surface area contributed by atoms with E-state index in [0.29, 0.717) is 12.5 Å². The zero-order valence-electron chi connectivity index (χ0n) is 9.18. The Hall–Kier alpha value is -1.26. The van der Waals surface area contributed by atoms with E-state index in [1.54, 1.807) is 0 Å². The van der Waals surface area contributed by atoms with Crippen LogP contribution in [0.2, 0.25) is 0 Å². The highest BCUT2D eigenvalue weighted by Gasteiger charge is 2.20. The Kier molecular flexibility index (Phi) is 4.39. The fourth-order valence-electron chi connectivity index (χ4n) is 1.53. The first-order valence-electron chi connectivity index (χ1n) is 5.51. The van der Waals surface area contributed by atoms with E-state index in [4.69, 9.17) is 11.1 Å². The minimum absolute atomic E-state index is 0.0254. The Balaban J connectivity index is 2.23. The van der Waals surface area contributed by atoms with E-state index in [1.165, 1.54) is 6.42 Å². The van der Waals surface area contributed by atoms with Crippen molar-refractivity contribution in [3.63, 3.8) is 0 Å². The average molecular weight is 212 g/mol. The Bertz CT molecular complexity index is 238. The molecule has 1 aliphatic carbocycles. The Morgan fingerprint density at radius 1 is 1.60 bits per heavy atom. The van der Waals surface area contributed by atoms with Gasteiger partial charge < -0.3 is 16.4 Å². The molecule has 5 nitrogen and oxygen atoms in total. The summed E-state index contributed by atoms with van der Waals surface area (Å²) in [7, 11) is 0. The second-order valence-electron chi connectivity index (χ2n) is 4.08. The number of nitrogens with two attached hydrogens (primary N) is 1. The summed E-state index contributed by atoms with van der Waals surface area (Å²) in [6, 6.07) is 0.190. The molecule has 1 saturated carbocycles. The average Bonchev–Trinajstić information content (AvgIpc) is 2.09. The predicted octanol–water partition coefficient (Wildman–Crippen LogP) is 0.943. The fourth-order valence-corrected chi connectivity index (χ4v) is 1.53. The Labute approximate surface area is 90.3 Å². The first-order valence-corrected chi connectivity index (χ1v) is 5.51. The van der Waals surface area contributed by atoms with Gasteiger partial charge in [0.25, 0.3) is 0 Å². The number of hydrogen-bond donors (Lipinski definition) is 4. The Morgan fingerprint density at radius 2 is 2.27 bits per heavy atom. The molecular formula is C10H20N4O. The molecule has 5 heteroatoms. The number of amidine groups is 1. The standard InChI is InChI=1S/C10H20N4O/c1-2-7(6-9(11)12)13-10(15)14-8-4-3-5-8/h7-8H,2-6H2,1H3,(H3,11,12)(H2,13,14,15). The SMILES string of the molecule is CCC(CC(=N)N)NC(=O)NC1CCC1. The van der Waals surface area contributed by atoms with Crippen LogP contribution in [0.4, 0.5) is 4.79 Å². The molecule has 1 unspecified atom stereocenters. The van der Waals surface area contributed by atoms with Gasteiger partial charge in [0.15, 0.2) is 0 Å². The number of urea groups is 1. The second kappa shape index (κ2) is 5.58. The van der Waals surface area contributed by atoms with Crippen molar-refractivity contribution >= 4 is 11.9 Å². The number of amides is 2. The molecule has 0 aliphatic heterocycles. The van der Waals surface area contributed by atoms with Crippen LogP contribution in [0.3, 0.4) is 0 Å². The van der Waals surface area contributed by atoms with Gasteiger partial charge in [-0.05, 0) is 25.7 Å². The lowest BCUT2D eigenvalue weighted by molar-refractivity contribution is 0.224. The highest BCUT2D eigenvalue weighted by atomic mass is 16.2. The molecule has 0 radical (unpaired) electrons. The third-order valence-corrected chi connectivity index (χ3v) is 2.73. The predicted molar refractivity (Wildman–Crippen MR) is 59.9 cm³/mol. The lowest BCUT2D eigenvalue weighted by Crippen LogP contribution is -2.49. The number of rotatable bonds is 5. The molecule has 1 aliphatic rings. The minimum atomic E-state index is -0.132. The van der Waals surface area contributed by atoms with Gasteiger partial charge >= 0.3 is 6.03 Å². The molecule has 86 valence electrons. The molecule has 5 N–H and O–H groups in total. The molecular weight excluding hydrogens is 192 g/mol. The summed E-state index contributed by atoms with van der Waals surface area (Å²) in [6.45, 7) is 1.97. The summed E-state index contributed by atoms with van der Waals surface area (Å²) in [4.78, 5) is 11.5. The molecule has 15 heavy (non-hydrogen) atoms. The molecule has 0 bridgehead atoms. The minimum Gasteiger partial charge on any atom is -0.388 e. The molecule has 1 rings (SSSR count). The van der Waals surface area contributed by atoms with Crippen molar-refractivity contribution in [2.45, 2.75) is 51.1 Å². The van der Waals surface area contributed by atoms with Crippen molar-refractivity contribution in [3.05, 3.63) is 0 Å². The van der Waals surface area contributed by atoms with Crippen LogP contribution >= 0.6 is 0 Å². The van der Waals surface area contributed by atoms with Gasteiger partial charge in [-0.2, -0.15) is 0 Å². The summed E-state index contributed by atoms with van der Waals surface area (Å²) >= 11 is 0. The van der Waals surface area contributed by atoms with Crippen LogP contribution in [0.5, 0.6) is 0 Å². The number of carbonyl (C=O) groups is 1. The van der Waals surface area contributed by atoms with Crippen molar-refractivity contribution in [1.29, 1.82) is 5.41 Å². The monoisotopic (exact) mass is 212 g/mol. The van der Waals surface area contributed by atoms with E-state index in [-0.39, 0.29) is 17.9 Å². The quantitative estimate of drug-likeness (QED) is 0.403. The lowest BCUT2D eigenvalue weighted by Gasteiger charge is -2.27. The fraction of sp³-hybridized carbons (Fsp3) is 0.800. The third-order valence-electron chi connectivity index (χ3n) is 2.73. The third kappa shape index (κ3) is 4.18. The summed E-state index contributed by atoms with van der Waals surface area (Å²) in [5, 5.41) is 12.9. The van der Waals surface area contributed by atoms with Gasteiger partial charge in [0.2, 0.25) is 0 Å². The summed E-state index contributed by atoms with van der Waals surface area (Å²) in [5.41, 5.74) is 5.29. The van der Waals surface area contributed by atoms with Crippen LogP contribution < -0.4 is 16.4 Å². The van der Waals surface area contributed by atoms with Gasteiger partial charge in [-0.1, -0.05) is 6.92 Å². The zero-order valence-corrected chi connectivity index (χ0v) is 9.18. The zero-order chi connectivity index (χ0) is 11.3. The van der Waals surface area contributed by atoms with Gasteiger partial charge in [0.05, 0.1) is 5.84 Å². The van der Waals surface area contributed by atoms with Crippen LogP contribution in [-0.4, -0.2) is 24.0 Å². The first kappa shape index (κ1) is 11.8. The topological polar surface area (TPSA) is 91.0 Å². The molecule has 0 saturated heterocycles. The molecule has 1 atom stereocenters. The maximum atomic E-state index is 11.5. The molecule has 0 spiro atoms. The molecule has 0 heterocycles. The largest absolute Gasteiger partial charge is 0.388 e. The van der Waals surface area contributed by atoms with Crippen LogP contribution in [0.1, 0.15) is 39.0 Å². The normalized spacial score (nSPS) is 17.7. The second-order valence-corrected chi connectivity index (χ2v) is 4.08. The van der Waals surface area contributed by atoms with E-state index >= 15 is 0 Å². The highest BCUT2D eigenvalue weighted by molar-refractivity contribution is 5.79. The van der Waals surface area contributed by atoms with Crippen LogP contribution in [0.25, 0.3) is 0 Å². The van der Waals surface area contributed by atoms with Gasteiger partial charge in [0, 0.05) is 18.5 Å². The van der Waals surface area contributed by atoms with Gasteiger partial charge in [-0.25, -0.2) is 4.79 Å². The van der Waals surface area contributed by atoms with Crippen LogP contribution in [-0.2, 0) is 0 Å². The van der Waals surface area contributed by atoms with Gasteiger partial charge in [-0.3, -0.25) is 5.41 Å². The van der Waals surface area contributed by atoms with Crippen molar-refractivity contribution in [3.8, 4) is 0 Å². The Morgan fingerprint density at radius 3 is 2.67 bits per heavy atom. The van der Waals surface area contributed by atoms with Crippen molar-refractivity contribution in [2.75, 3.05) is 0 Å². The number of hydrogen-bond acceptors (Lipinski definition) is 2. The maximum Gasteiger partial charge on any atom is 0.315 e. The lowest BCUT2D eigenvalue weighted by atomic mass is 9.93. The molecule has 0 aromatic rings. The van der Waals surface area contributed by atoms with Gasteiger partial charge in [0.1, 0.15) is 0 Å².